The lowest BCUT2D eigenvalue weighted by Gasteiger charge is -2.18. The van der Waals surface area contributed by atoms with Crippen LogP contribution in [0, 0.1) is 0 Å². The minimum Gasteiger partial charge on any atom is -0.0836 e. The van der Waals surface area contributed by atoms with E-state index < -0.39 is 0 Å². The highest BCUT2D eigenvalue weighted by Crippen LogP contribution is 2.36. The molecule has 0 N–H and O–H groups in total. The number of fused-ring (bicyclic) bond motifs is 4. The average molecular weight is 641 g/mol. The first-order valence-corrected chi connectivity index (χ1v) is 18.1. The van der Waals surface area contributed by atoms with Crippen molar-refractivity contribution in [3.05, 3.63) is 167 Å². The lowest BCUT2D eigenvalue weighted by atomic mass is 9.86. The third kappa shape index (κ3) is 5.24. The van der Waals surface area contributed by atoms with Crippen molar-refractivity contribution in [2.24, 2.45) is 0 Å². The predicted molar refractivity (Wildman–Crippen MR) is 219 cm³/mol. The Morgan fingerprint density at radius 2 is 0.980 bits per heavy atom. The second-order valence-electron chi connectivity index (χ2n) is 13.7. The van der Waals surface area contributed by atoms with Gasteiger partial charge in [0, 0.05) is 0 Å². The molecule has 9 rings (SSSR count). The molecule has 0 radical (unpaired) electrons. The molecule has 0 saturated heterocycles. The van der Waals surface area contributed by atoms with Gasteiger partial charge in [-0.3, -0.25) is 0 Å². The minimum absolute atomic E-state index is 1.12. The maximum absolute atomic E-state index is 2.40. The van der Waals surface area contributed by atoms with E-state index in [9.17, 15) is 0 Å². The average Bonchev–Trinajstić information content (AvgIpc) is 3.19. The molecule has 7 aromatic carbocycles. The van der Waals surface area contributed by atoms with Crippen LogP contribution in [0.25, 0.3) is 89.5 Å². The fourth-order valence-electron chi connectivity index (χ4n) is 8.30. The molecule has 2 aliphatic rings. The number of aryl methyl sites for hydroxylation is 1. The van der Waals surface area contributed by atoms with E-state index in [2.05, 4.69) is 172 Å². The zero-order valence-corrected chi connectivity index (χ0v) is 28.8. The van der Waals surface area contributed by atoms with Crippen molar-refractivity contribution in [3.63, 3.8) is 0 Å². The highest BCUT2D eigenvalue weighted by molar-refractivity contribution is 6.07. The summed E-state index contributed by atoms with van der Waals surface area (Å²) in [5, 5.41) is 10.2. The predicted octanol–water partition coefficient (Wildman–Crippen LogP) is 12.4. The van der Waals surface area contributed by atoms with E-state index in [1.807, 2.05) is 0 Å². The van der Waals surface area contributed by atoms with Crippen LogP contribution in [-0.4, -0.2) is 0 Å². The minimum atomic E-state index is 1.12. The van der Waals surface area contributed by atoms with Gasteiger partial charge in [0.15, 0.2) is 0 Å². The lowest BCUT2D eigenvalue weighted by Crippen LogP contribution is -2.29. The zero-order chi connectivity index (χ0) is 33.6. The van der Waals surface area contributed by atoms with E-state index in [-0.39, 0.29) is 0 Å². The van der Waals surface area contributed by atoms with Crippen LogP contribution in [0.3, 0.4) is 0 Å². The SMILES string of the molecule is C/C=c1/c(-c2ccc3c(c2)C=CCC3)c2ccccc2c(-c2ccc3cc(-c4ccc5cc(C6=CCCC=C6)ccc5c4)ccc3c2)/c1=C/C. The Kier molecular flexibility index (Phi) is 7.66. The quantitative estimate of drug-likeness (QED) is 0.180. The first-order chi connectivity index (χ1) is 24.7. The molecule has 0 heterocycles. The standard InChI is InChI=1S/C50H40/c1-3-45-46(4-2)50(48-17-11-10-16-47(48)49(45)43-26-18-34-14-8-9-15-35(34)31-43)44-27-25-41-30-40(23-24-42(41)32-44)39-22-21-37-28-36(19-20-38(37)29-39)33-12-6-5-7-13-33/h3-4,6,9-13,15-32H,5,7-8,14H2,1-2H3/b45-3+,46-4+. The fourth-order valence-corrected chi connectivity index (χ4v) is 8.30. The Morgan fingerprint density at radius 1 is 0.460 bits per heavy atom. The van der Waals surface area contributed by atoms with Crippen LogP contribution in [-0.2, 0) is 6.42 Å². The van der Waals surface area contributed by atoms with E-state index in [0.29, 0.717) is 0 Å². The summed E-state index contributed by atoms with van der Waals surface area (Å²) in [5.74, 6) is 0. The van der Waals surface area contributed by atoms with Crippen molar-refractivity contribution < 1.29 is 0 Å². The van der Waals surface area contributed by atoms with Crippen LogP contribution >= 0.6 is 0 Å². The molecule has 0 amide bonds. The van der Waals surface area contributed by atoms with Gasteiger partial charge in [0.05, 0.1) is 0 Å². The Morgan fingerprint density at radius 3 is 1.58 bits per heavy atom. The van der Waals surface area contributed by atoms with Gasteiger partial charge in [0.25, 0.3) is 0 Å². The summed E-state index contributed by atoms with van der Waals surface area (Å²) in [6.45, 7) is 4.37. The summed E-state index contributed by atoms with van der Waals surface area (Å²) in [5.41, 5.74) is 13.1. The van der Waals surface area contributed by atoms with Gasteiger partial charge in [0.1, 0.15) is 0 Å². The summed E-state index contributed by atoms with van der Waals surface area (Å²) in [7, 11) is 0. The van der Waals surface area contributed by atoms with Crippen molar-refractivity contribution in [2.75, 3.05) is 0 Å². The first-order valence-electron chi connectivity index (χ1n) is 18.1. The van der Waals surface area contributed by atoms with E-state index in [0.717, 1.165) is 25.7 Å². The normalized spacial score (nSPS) is 14.9. The molecule has 2 aliphatic carbocycles. The van der Waals surface area contributed by atoms with Crippen molar-refractivity contribution in [1.82, 2.24) is 0 Å². The summed E-state index contributed by atoms with van der Waals surface area (Å²) in [6.07, 6.45) is 20.6. The Balaban J connectivity index is 1.13. The monoisotopic (exact) mass is 640 g/mol. The number of hydrogen-bond donors (Lipinski definition) is 0. The molecule has 0 saturated carbocycles. The molecule has 240 valence electrons. The number of allylic oxidation sites excluding steroid dienone is 5. The molecule has 0 fully saturated rings. The maximum Gasteiger partial charge on any atom is -0.00296 e. The van der Waals surface area contributed by atoms with Gasteiger partial charge in [-0.1, -0.05) is 127 Å². The van der Waals surface area contributed by atoms with Crippen LogP contribution in [0.15, 0.2) is 140 Å². The Bertz CT molecular complexity index is 2710. The molecule has 0 aromatic heterocycles. The zero-order valence-electron chi connectivity index (χ0n) is 28.8. The van der Waals surface area contributed by atoms with Gasteiger partial charge < -0.3 is 0 Å². The van der Waals surface area contributed by atoms with Gasteiger partial charge in [-0.25, -0.2) is 0 Å². The molecule has 50 heavy (non-hydrogen) atoms. The Hall–Kier alpha value is -5.72. The van der Waals surface area contributed by atoms with Crippen LogP contribution in [0.1, 0.15) is 49.8 Å². The number of hydrogen-bond acceptors (Lipinski definition) is 0. The van der Waals surface area contributed by atoms with Crippen LogP contribution < -0.4 is 10.4 Å². The summed E-state index contributed by atoms with van der Waals surface area (Å²) in [4.78, 5) is 0. The number of rotatable bonds is 4. The highest BCUT2D eigenvalue weighted by Gasteiger charge is 2.16. The smallest absolute Gasteiger partial charge is 0.00296 e. The van der Waals surface area contributed by atoms with E-state index in [1.54, 1.807) is 0 Å². The number of benzene rings is 7. The van der Waals surface area contributed by atoms with Gasteiger partial charge >= 0.3 is 0 Å². The summed E-state index contributed by atoms with van der Waals surface area (Å²) < 4.78 is 0. The molecule has 0 atom stereocenters. The van der Waals surface area contributed by atoms with Gasteiger partial charge in [-0.05, 0) is 168 Å². The molecular weight excluding hydrogens is 601 g/mol. The first kappa shape index (κ1) is 30.3. The van der Waals surface area contributed by atoms with Crippen LogP contribution in [0.2, 0.25) is 0 Å². The van der Waals surface area contributed by atoms with Gasteiger partial charge in [-0.15, -0.1) is 0 Å². The van der Waals surface area contributed by atoms with Crippen LogP contribution in [0.5, 0.6) is 0 Å². The van der Waals surface area contributed by atoms with Gasteiger partial charge in [0.2, 0.25) is 0 Å². The molecule has 0 heteroatoms. The summed E-state index contributed by atoms with van der Waals surface area (Å²) in [6, 6.07) is 43.7. The van der Waals surface area contributed by atoms with Crippen molar-refractivity contribution in [2.45, 2.75) is 39.5 Å². The van der Waals surface area contributed by atoms with Crippen molar-refractivity contribution >= 4 is 56.1 Å². The van der Waals surface area contributed by atoms with Gasteiger partial charge in [-0.2, -0.15) is 0 Å². The van der Waals surface area contributed by atoms with E-state index in [1.165, 1.54) is 98.4 Å². The molecule has 0 aliphatic heterocycles. The molecule has 7 aromatic rings. The second-order valence-corrected chi connectivity index (χ2v) is 13.7. The molecule has 0 spiro atoms. The van der Waals surface area contributed by atoms with E-state index >= 15 is 0 Å². The maximum atomic E-state index is 2.40. The van der Waals surface area contributed by atoms with Crippen molar-refractivity contribution in [3.8, 4) is 33.4 Å². The van der Waals surface area contributed by atoms with E-state index in [4.69, 9.17) is 0 Å². The molecule has 0 nitrogen and oxygen atoms in total. The second kappa shape index (κ2) is 12.6. The molecule has 0 unspecified atom stereocenters. The van der Waals surface area contributed by atoms with Crippen LogP contribution in [0.4, 0.5) is 0 Å². The topological polar surface area (TPSA) is 0 Å². The lowest BCUT2D eigenvalue weighted by molar-refractivity contribution is 0.986. The fraction of sp³-hybridized carbons (Fsp3) is 0.120. The summed E-state index contributed by atoms with van der Waals surface area (Å²) >= 11 is 0. The van der Waals surface area contributed by atoms with Crippen molar-refractivity contribution in [1.29, 1.82) is 0 Å². The largest absolute Gasteiger partial charge is 0.0836 e. The molecule has 0 bridgehead atoms. The third-order valence-corrected chi connectivity index (χ3v) is 10.8. The third-order valence-electron chi connectivity index (χ3n) is 10.8. The highest BCUT2D eigenvalue weighted by atomic mass is 14.2. The molecular formula is C50H40. The Labute approximate surface area is 294 Å².